The summed E-state index contributed by atoms with van der Waals surface area (Å²) in [5.74, 6) is 2.06. The van der Waals surface area contributed by atoms with Gasteiger partial charge < -0.3 is 13.9 Å². The highest BCUT2D eigenvalue weighted by Gasteiger charge is 2.15. The number of hydrogen-bond donors (Lipinski definition) is 0. The predicted molar refractivity (Wildman–Crippen MR) is 155 cm³/mol. The molecule has 39 heavy (non-hydrogen) atoms. The van der Waals surface area contributed by atoms with E-state index in [2.05, 4.69) is 35.2 Å². The zero-order valence-corrected chi connectivity index (χ0v) is 23.1. The Kier molecular flexibility index (Phi) is 8.71. The molecular formula is C32H32N2O4S. The Morgan fingerprint density at radius 1 is 0.949 bits per heavy atom. The average Bonchev–Trinajstić information content (AvgIpc) is 3.54. The lowest BCUT2D eigenvalue weighted by Gasteiger charge is -2.21. The quantitative estimate of drug-likeness (QED) is 0.158. The average molecular weight is 541 g/mol. The second-order valence-electron chi connectivity index (χ2n) is 9.35. The summed E-state index contributed by atoms with van der Waals surface area (Å²) in [6, 6.07) is 28.6. The second-order valence-corrected chi connectivity index (χ2v) is 10.4. The first kappa shape index (κ1) is 26.7. The van der Waals surface area contributed by atoms with Gasteiger partial charge in [0.25, 0.3) is 0 Å². The zero-order chi connectivity index (χ0) is 27.0. The lowest BCUT2D eigenvalue weighted by atomic mass is 10.1. The lowest BCUT2D eigenvalue weighted by molar-refractivity contribution is -0.144. The van der Waals surface area contributed by atoms with Gasteiger partial charge in [0.1, 0.15) is 11.5 Å². The van der Waals surface area contributed by atoms with E-state index < -0.39 is 0 Å². The minimum atomic E-state index is -0.216. The van der Waals surface area contributed by atoms with Gasteiger partial charge in [-0.15, -0.1) is 11.3 Å². The van der Waals surface area contributed by atoms with Crippen LogP contribution in [0.2, 0.25) is 0 Å². The van der Waals surface area contributed by atoms with Gasteiger partial charge in [0, 0.05) is 24.2 Å². The number of rotatable bonds is 12. The van der Waals surface area contributed by atoms with Crippen molar-refractivity contribution in [1.29, 1.82) is 0 Å². The number of benzene rings is 3. The number of carbonyl (C=O) groups excluding carboxylic acids is 1. The molecule has 2 aromatic heterocycles. The van der Waals surface area contributed by atoms with E-state index in [-0.39, 0.29) is 12.5 Å². The van der Waals surface area contributed by atoms with Crippen LogP contribution in [0, 0.1) is 6.92 Å². The molecule has 0 bridgehead atoms. The fraction of sp³-hybridized carbons (Fsp3) is 0.250. The Bertz CT molecular complexity index is 1480. The van der Waals surface area contributed by atoms with E-state index in [4.69, 9.17) is 18.9 Å². The minimum absolute atomic E-state index is 0.216. The van der Waals surface area contributed by atoms with Crippen molar-refractivity contribution < 1.29 is 18.7 Å². The standard InChI is InChI=1S/C32H32N2O4S/c1-3-36-31(35)22-34(20-24-9-5-4-6-10-24)21-25-13-15-27(16-14-25)37-18-17-28-23(2)38-32(33-28)30-19-26-11-7-8-12-29(26)39-30/h4-16,19H,3,17-18,20-22H2,1-2H3. The number of nitrogens with zero attached hydrogens (tertiary/aromatic N) is 2. The first-order valence-corrected chi connectivity index (χ1v) is 14.0. The van der Waals surface area contributed by atoms with Crippen LogP contribution in [-0.2, 0) is 29.0 Å². The topological polar surface area (TPSA) is 64.8 Å². The van der Waals surface area contributed by atoms with Gasteiger partial charge in [-0.05, 0) is 54.6 Å². The number of hydrogen-bond acceptors (Lipinski definition) is 7. The summed E-state index contributed by atoms with van der Waals surface area (Å²) in [4.78, 5) is 20.0. The fourth-order valence-corrected chi connectivity index (χ4v) is 5.45. The van der Waals surface area contributed by atoms with Crippen molar-refractivity contribution >= 4 is 27.4 Å². The van der Waals surface area contributed by atoms with E-state index in [9.17, 15) is 4.79 Å². The van der Waals surface area contributed by atoms with Crippen LogP contribution in [0.3, 0.4) is 0 Å². The molecule has 0 radical (unpaired) electrons. The van der Waals surface area contributed by atoms with E-state index in [1.807, 2.05) is 68.4 Å². The molecule has 0 atom stereocenters. The van der Waals surface area contributed by atoms with Crippen LogP contribution < -0.4 is 4.74 Å². The fourth-order valence-electron chi connectivity index (χ4n) is 4.47. The molecule has 0 unspecified atom stereocenters. The van der Waals surface area contributed by atoms with E-state index in [1.54, 1.807) is 11.3 Å². The van der Waals surface area contributed by atoms with Crippen molar-refractivity contribution in [1.82, 2.24) is 9.88 Å². The number of aryl methyl sites for hydroxylation is 1. The molecule has 0 fully saturated rings. The maximum atomic E-state index is 12.2. The molecule has 7 heteroatoms. The summed E-state index contributed by atoms with van der Waals surface area (Å²) in [5.41, 5.74) is 3.16. The molecule has 0 saturated carbocycles. The highest BCUT2D eigenvalue weighted by molar-refractivity contribution is 7.22. The van der Waals surface area contributed by atoms with Gasteiger partial charge in [0.15, 0.2) is 0 Å². The van der Waals surface area contributed by atoms with Gasteiger partial charge in [-0.25, -0.2) is 4.98 Å². The molecule has 5 rings (SSSR count). The van der Waals surface area contributed by atoms with Gasteiger partial charge >= 0.3 is 5.97 Å². The summed E-state index contributed by atoms with van der Waals surface area (Å²) in [6.07, 6.45) is 0.659. The molecule has 3 aromatic carbocycles. The van der Waals surface area contributed by atoms with Gasteiger partial charge in [0.05, 0.1) is 30.3 Å². The lowest BCUT2D eigenvalue weighted by Crippen LogP contribution is -2.30. The van der Waals surface area contributed by atoms with Crippen molar-refractivity contribution in [3.8, 4) is 16.5 Å². The van der Waals surface area contributed by atoms with Gasteiger partial charge in [-0.1, -0.05) is 60.7 Å². The maximum Gasteiger partial charge on any atom is 0.320 e. The molecule has 0 aliphatic carbocycles. The van der Waals surface area contributed by atoms with Crippen LogP contribution in [0.5, 0.6) is 5.75 Å². The van der Waals surface area contributed by atoms with Gasteiger partial charge in [-0.2, -0.15) is 0 Å². The SMILES string of the molecule is CCOC(=O)CN(Cc1ccccc1)Cc1ccc(OCCc2nc(-c3cc4ccccc4s3)oc2C)cc1. The van der Waals surface area contributed by atoms with Crippen LogP contribution in [0.25, 0.3) is 20.9 Å². The largest absolute Gasteiger partial charge is 0.493 e. The highest BCUT2D eigenvalue weighted by atomic mass is 32.1. The molecule has 0 N–H and O–H groups in total. The third kappa shape index (κ3) is 7.13. The molecule has 0 saturated heterocycles. The molecule has 0 spiro atoms. The molecule has 0 amide bonds. The van der Waals surface area contributed by atoms with E-state index in [0.717, 1.165) is 33.2 Å². The van der Waals surface area contributed by atoms with Crippen LogP contribution in [-0.4, -0.2) is 35.6 Å². The predicted octanol–water partition coefficient (Wildman–Crippen LogP) is 7.05. The third-order valence-corrected chi connectivity index (χ3v) is 7.48. The van der Waals surface area contributed by atoms with Crippen LogP contribution in [0.15, 0.2) is 89.3 Å². The number of oxazole rings is 1. The maximum absolute atomic E-state index is 12.2. The molecule has 2 heterocycles. The number of ether oxygens (including phenoxy) is 2. The molecule has 5 aromatic rings. The summed E-state index contributed by atoms with van der Waals surface area (Å²) in [7, 11) is 0. The van der Waals surface area contributed by atoms with Crippen molar-refractivity contribution in [2.75, 3.05) is 19.8 Å². The molecular weight excluding hydrogens is 508 g/mol. The smallest absolute Gasteiger partial charge is 0.320 e. The van der Waals surface area contributed by atoms with Crippen molar-refractivity contribution in [3.63, 3.8) is 0 Å². The molecule has 0 aliphatic heterocycles. The molecule has 200 valence electrons. The Labute approximate surface area is 232 Å². The first-order chi connectivity index (χ1) is 19.1. The number of fused-ring (bicyclic) bond motifs is 1. The Morgan fingerprint density at radius 3 is 2.41 bits per heavy atom. The van der Waals surface area contributed by atoms with E-state index in [1.165, 1.54) is 10.1 Å². The van der Waals surface area contributed by atoms with Crippen LogP contribution in [0.1, 0.15) is 29.5 Å². The Balaban J connectivity index is 1.16. The van der Waals surface area contributed by atoms with Gasteiger partial charge in [0.2, 0.25) is 5.89 Å². The third-order valence-electron chi connectivity index (χ3n) is 6.37. The summed E-state index contributed by atoms with van der Waals surface area (Å²) < 4.78 is 18.4. The minimum Gasteiger partial charge on any atom is -0.493 e. The summed E-state index contributed by atoms with van der Waals surface area (Å²) in [5, 5.41) is 1.20. The number of aromatic nitrogens is 1. The van der Waals surface area contributed by atoms with Crippen LogP contribution in [0.4, 0.5) is 0 Å². The van der Waals surface area contributed by atoms with E-state index in [0.29, 0.717) is 38.6 Å². The highest BCUT2D eigenvalue weighted by Crippen LogP contribution is 2.33. The van der Waals surface area contributed by atoms with E-state index >= 15 is 0 Å². The van der Waals surface area contributed by atoms with Crippen molar-refractivity contribution in [3.05, 3.63) is 108 Å². The zero-order valence-electron chi connectivity index (χ0n) is 22.3. The Hall–Kier alpha value is -3.94. The second kappa shape index (κ2) is 12.7. The molecule has 0 aliphatic rings. The van der Waals surface area contributed by atoms with Crippen LogP contribution >= 0.6 is 11.3 Å². The van der Waals surface area contributed by atoms with Gasteiger partial charge in [-0.3, -0.25) is 9.69 Å². The number of carbonyl (C=O) groups is 1. The number of thiophene rings is 1. The monoisotopic (exact) mass is 540 g/mol. The van der Waals surface area contributed by atoms with Crippen molar-refractivity contribution in [2.24, 2.45) is 0 Å². The molecule has 6 nitrogen and oxygen atoms in total. The summed E-state index contributed by atoms with van der Waals surface area (Å²) >= 11 is 1.69. The number of esters is 1. The summed E-state index contributed by atoms with van der Waals surface area (Å²) in [6.45, 7) is 6.19. The first-order valence-electron chi connectivity index (χ1n) is 13.2. The Morgan fingerprint density at radius 2 is 1.67 bits per heavy atom. The normalized spacial score (nSPS) is 11.3. The van der Waals surface area contributed by atoms with Crippen molar-refractivity contribution in [2.45, 2.75) is 33.4 Å².